The Morgan fingerprint density at radius 3 is 1.51 bits per heavy atom. The molecule has 8 atom stereocenters. The molecule has 0 saturated carbocycles. The molecule has 1 heterocycles. The van der Waals surface area contributed by atoms with Gasteiger partial charge in [-0.3, -0.25) is 9.59 Å². The zero-order valence-corrected chi connectivity index (χ0v) is 27.3. The van der Waals surface area contributed by atoms with Crippen molar-refractivity contribution >= 4 is 11.8 Å². The third kappa shape index (κ3) is 13.0. The normalized spacial score (nSPS) is 25.3. The molecule has 6 N–H and O–H groups in total. The number of aliphatic hydroxyl groups is 5. The van der Waals surface area contributed by atoms with E-state index in [0.29, 0.717) is 19.3 Å². The number of Topliss-reactive ketones (excluding diaryl/α,β-unsaturated/α-hetero) is 1. The summed E-state index contributed by atoms with van der Waals surface area (Å²) in [4.78, 5) is 26.7. The number of hydrogen-bond donors (Lipinski definition) is 6. The van der Waals surface area contributed by atoms with E-state index in [4.69, 9.17) is 4.74 Å². The number of ketones is 1. The van der Waals surface area contributed by atoms with Gasteiger partial charge in [0.05, 0.1) is 18.3 Å². The molecule has 0 amide bonds. The number of aliphatic hydroxyl groups excluding tert-OH is 5. The standard InChI is InChI=1S/C34H64O9/c1-4-6-8-10-12-14-16-18-20-22-26(35)24-28(37)34(33(41)42,32-31(40)30(39)29(38)25(3)43-32)27(36)23-21-19-17-15-13-11-9-7-5-2/h25-27,29-32,35-36,38-40H,4-24H2,1-3H3,(H,41,42)/t25-,26?,27?,29-,30+,31+,32?,34?/m0/s1. The molecule has 0 aromatic carbocycles. The van der Waals surface area contributed by atoms with Crippen molar-refractivity contribution in [3.63, 3.8) is 0 Å². The van der Waals surface area contributed by atoms with Gasteiger partial charge in [-0.25, -0.2) is 0 Å². The first-order valence-corrected chi connectivity index (χ1v) is 17.4. The molecule has 1 aliphatic heterocycles. The number of hydrogen-bond acceptors (Lipinski definition) is 8. The monoisotopic (exact) mass is 616 g/mol. The van der Waals surface area contributed by atoms with E-state index in [9.17, 15) is 40.2 Å². The lowest BCUT2D eigenvalue weighted by Crippen LogP contribution is -2.68. The van der Waals surface area contributed by atoms with E-state index in [1.807, 2.05) is 0 Å². The molecule has 1 aliphatic rings. The van der Waals surface area contributed by atoms with Gasteiger partial charge >= 0.3 is 5.97 Å². The minimum atomic E-state index is -2.60. The molecule has 0 radical (unpaired) electrons. The number of carboxylic acids is 1. The van der Waals surface area contributed by atoms with E-state index in [1.165, 1.54) is 64.7 Å². The van der Waals surface area contributed by atoms with E-state index in [-0.39, 0.29) is 6.42 Å². The van der Waals surface area contributed by atoms with Gasteiger partial charge in [0.2, 0.25) is 0 Å². The molecule has 0 aromatic heterocycles. The molecule has 0 aromatic rings. The SMILES string of the molecule is CCCCCCCCCCCC(O)CC(=O)C(C(=O)O)(C(O)CCCCCCCCCCC)C1O[C@@H](C)[C@H](O)[C@@H](O)[C@H]1O. The smallest absolute Gasteiger partial charge is 0.322 e. The lowest BCUT2D eigenvalue weighted by molar-refractivity contribution is -0.256. The van der Waals surface area contributed by atoms with Gasteiger partial charge in [0.15, 0.2) is 11.2 Å². The molecule has 1 rings (SSSR count). The largest absolute Gasteiger partial charge is 0.480 e. The maximum atomic E-state index is 13.8. The van der Waals surface area contributed by atoms with Crippen molar-refractivity contribution in [1.82, 2.24) is 0 Å². The van der Waals surface area contributed by atoms with Crippen molar-refractivity contribution in [3.05, 3.63) is 0 Å². The van der Waals surface area contributed by atoms with Gasteiger partial charge in [0, 0.05) is 6.42 Å². The van der Waals surface area contributed by atoms with Gasteiger partial charge in [-0.2, -0.15) is 0 Å². The van der Waals surface area contributed by atoms with Crippen LogP contribution in [0.25, 0.3) is 0 Å². The van der Waals surface area contributed by atoms with Crippen LogP contribution in [0, 0.1) is 5.41 Å². The van der Waals surface area contributed by atoms with Crippen LogP contribution >= 0.6 is 0 Å². The number of carbonyl (C=O) groups is 2. The van der Waals surface area contributed by atoms with E-state index in [0.717, 1.165) is 44.9 Å². The molecule has 0 spiro atoms. The summed E-state index contributed by atoms with van der Waals surface area (Å²) in [6.07, 6.45) is 7.93. The first-order valence-electron chi connectivity index (χ1n) is 17.4. The fourth-order valence-corrected chi connectivity index (χ4v) is 6.40. The number of carboxylic acid groups (broad SMARTS) is 1. The fourth-order valence-electron chi connectivity index (χ4n) is 6.40. The highest BCUT2D eigenvalue weighted by Gasteiger charge is 2.63. The molecular weight excluding hydrogens is 552 g/mol. The van der Waals surface area contributed by atoms with Gasteiger partial charge < -0.3 is 35.4 Å². The Labute approximate surface area is 260 Å². The second-order valence-electron chi connectivity index (χ2n) is 12.9. The Balaban J connectivity index is 2.87. The van der Waals surface area contributed by atoms with Crippen molar-refractivity contribution in [2.45, 2.75) is 198 Å². The number of rotatable bonds is 26. The Morgan fingerprint density at radius 2 is 1.07 bits per heavy atom. The van der Waals surface area contributed by atoms with Gasteiger partial charge in [0.1, 0.15) is 24.4 Å². The first kappa shape index (κ1) is 39.9. The number of aliphatic carboxylic acids is 1. The predicted octanol–water partition coefficient (Wildman–Crippen LogP) is 5.45. The maximum absolute atomic E-state index is 13.8. The molecule has 43 heavy (non-hydrogen) atoms. The van der Waals surface area contributed by atoms with Gasteiger partial charge in [-0.15, -0.1) is 0 Å². The number of carbonyl (C=O) groups excluding carboxylic acids is 1. The molecule has 0 bridgehead atoms. The molecule has 4 unspecified atom stereocenters. The molecule has 254 valence electrons. The second kappa shape index (κ2) is 22.4. The Bertz CT molecular complexity index is 747. The lowest BCUT2D eigenvalue weighted by Gasteiger charge is -2.48. The predicted molar refractivity (Wildman–Crippen MR) is 168 cm³/mol. The van der Waals surface area contributed by atoms with Crippen LogP contribution in [0.15, 0.2) is 0 Å². The third-order valence-corrected chi connectivity index (χ3v) is 9.28. The second-order valence-corrected chi connectivity index (χ2v) is 12.9. The highest BCUT2D eigenvalue weighted by molar-refractivity contribution is 6.05. The van der Waals surface area contributed by atoms with Gasteiger partial charge in [-0.1, -0.05) is 129 Å². The summed E-state index contributed by atoms with van der Waals surface area (Å²) in [5, 5.41) is 64.1. The number of ether oxygens (including phenoxy) is 1. The van der Waals surface area contributed by atoms with Crippen LogP contribution in [0.5, 0.6) is 0 Å². The molecular formula is C34H64O9. The Morgan fingerprint density at radius 1 is 0.651 bits per heavy atom. The molecule has 1 fully saturated rings. The summed E-state index contributed by atoms with van der Waals surface area (Å²) in [5.74, 6) is -2.61. The van der Waals surface area contributed by atoms with E-state index in [2.05, 4.69) is 13.8 Å². The van der Waals surface area contributed by atoms with Crippen molar-refractivity contribution in [2.75, 3.05) is 0 Å². The van der Waals surface area contributed by atoms with Crippen LogP contribution in [-0.4, -0.2) is 85.1 Å². The topological polar surface area (TPSA) is 165 Å². The molecule has 9 heteroatoms. The molecule has 9 nitrogen and oxygen atoms in total. The van der Waals surface area contributed by atoms with Crippen molar-refractivity contribution < 1.29 is 45.0 Å². The summed E-state index contributed by atoms with van der Waals surface area (Å²) < 4.78 is 5.68. The Kier molecular flexibility index (Phi) is 20.8. The number of unbranched alkanes of at least 4 members (excludes halogenated alkanes) is 16. The van der Waals surface area contributed by atoms with E-state index >= 15 is 0 Å². The third-order valence-electron chi connectivity index (χ3n) is 9.28. The van der Waals surface area contributed by atoms with Crippen LogP contribution in [0.1, 0.15) is 156 Å². The van der Waals surface area contributed by atoms with Crippen LogP contribution in [0.2, 0.25) is 0 Å². The summed E-state index contributed by atoms with van der Waals surface area (Å²) >= 11 is 0. The van der Waals surface area contributed by atoms with Crippen molar-refractivity contribution in [1.29, 1.82) is 0 Å². The Hall–Kier alpha value is -1.10. The highest BCUT2D eigenvalue weighted by Crippen LogP contribution is 2.41. The van der Waals surface area contributed by atoms with Crippen LogP contribution in [0.4, 0.5) is 0 Å². The average Bonchev–Trinajstić information content (AvgIpc) is 2.97. The molecule has 0 aliphatic carbocycles. The fraction of sp³-hybridized carbons (Fsp3) is 0.941. The van der Waals surface area contributed by atoms with Gasteiger partial charge in [0.25, 0.3) is 0 Å². The summed E-state index contributed by atoms with van der Waals surface area (Å²) in [5.41, 5.74) is -2.60. The zero-order chi connectivity index (χ0) is 32.3. The summed E-state index contributed by atoms with van der Waals surface area (Å²) in [6.45, 7) is 5.77. The quantitative estimate of drug-likeness (QED) is 0.0547. The summed E-state index contributed by atoms with van der Waals surface area (Å²) in [6, 6.07) is 0. The molecule has 1 saturated heterocycles. The zero-order valence-electron chi connectivity index (χ0n) is 27.3. The van der Waals surface area contributed by atoms with Crippen molar-refractivity contribution in [3.8, 4) is 0 Å². The van der Waals surface area contributed by atoms with Crippen molar-refractivity contribution in [2.24, 2.45) is 5.41 Å². The highest BCUT2D eigenvalue weighted by atomic mass is 16.5. The van der Waals surface area contributed by atoms with Gasteiger partial charge in [-0.05, 0) is 19.8 Å². The maximum Gasteiger partial charge on any atom is 0.322 e. The van der Waals surface area contributed by atoms with Crippen LogP contribution in [0.3, 0.4) is 0 Å². The van der Waals surface area contributed by atoms with Crippen LogP contribution < -0.4 is 0 Å². The first-order chi connectivity index (χ1) is 20.5. The average molecular weight is 617 g/mol. The van der Waals surface area contributed by atoms with E-state index < -0.39 is 66.3 Å². The minimum Gasteiger partial charge on any atom is -0.480 e. The lowest BCUT2D eigenvalue weighted by atomic mass is 9.66. The summed E-state index contributed by atoms with van der Waals surface area (Å²) in [7, 11) is 0. The van der Waals surface area contributed by atoms with E-state index in [1.54, 1.807) is 0 Å². The van der Waals surface area contributed by atoms with Crippen LogP contribution in [-0.2, 0) is 14.3 Å². The minimum absolute atomic E-state index is 0.0121.